The fourth-order valence-corrected chi connectivity index (χ4v) is 5.61. The number of morpholine rings is 1. The SMILES string of the molecule is O=C(N/N=C\c1ccc(Br)cc1)C1[C@@H](c2ccccc2)C(C(=O)N2CCOCC2)[C@H]1c1ccccc1. The largest absolute Gasteiger partial charge is 0.378 e. The number of hydrazone groups is 1. The van der Waals surface area contributed by atoms with Crippen LogP contribution in [0.1, 0.15) is 28.5 Å². The summed E-state index contributed by atoms with van der Waals surface area (Å²) in [4.78, 5) is 29.3. The van der Waals surface area contributed by atoms with Gasteiger partial charge in [0.1, 0.15) is 0 Å². The number of rotatable bonds is 6. The number of hydrogen-bond donors (Lipinski definition) is 1. The molecule has 1 N–H and O–H groups in total. The van der Waals surface area contributed by atoms with Gasteiger partial charge in [-0.2, -0.15) is 5.10 Å². The molecule has 184 valence electrons. The van der Waals surface area contributed by atoms with Crippen LogP contribution in [-0.4, -0.2) is 49.2 Å². The Morgan fingerprint density at radius 3 is 1.94 bits per heavy atom. The fraction of sp³-hybridized carbons (Fsp3) is 0.276. The molecule has 0 radical (unpaired) electrons. The Hall–Kier alpha value is -3.29. The summed E-state index contributed by atoms with van der Waals surface area (Å²) in [6, 6.07) is 27.5. The summed E-state index contributed by atoms with van der Waals surface area (Å²) in [7, 11) is 0. The van der Waals surface area contributed by atoms with E-state index in [0.29, 0.717) is 26.3 Å². The van der Waals surface area contributed by atoms with Crippen molar-refractivity contribution in [2.75, 3.05) is 26.3 Å². The van der Waals surface area contributed by atoms with Crippen molar-refractivity contribution in [3.63, 3.8) is 0 Å². The number of carbonyl (C=O) groups is 2. The molecule has 6 nitrogen and oxygen atoms in total. The molecule has 2 amide bonds. The van der Waals surface area contributed by atoms with Gasteiger partial charge in [0.25, 0.3) is 0 Å². The third-order valence-electron chi connectivity index (χ3n) is 7.09. The van der Waals surface area contributed by atoms with Gasteiger partial charge in [0.05, 0.1) is 31.3 Å². The summed E-state index contributed by atoms with van der Waals surface area (Å²) in [6.45, 7) is 2.23. The molecule has 3 aromatic rings. The molecule has 1 saturated carbocycles. The molecule has 1 aliphatic carbocycles. The highest BCUT2D eigenvalue weighted by molar-refractivity contribution is 9.10. The van der Waals surface area contributed by atoms with Crippen molar-refractivity contribution < 1.29 is 14.3 Å². The van der Waals surface area contributed by atoms with E-state index in [0.717, 1.165) is 21.2 Å². The average molecular weight is 546 g/mol. The zero-order chi connectivity index (χ0) is 24.9. The first kappa shape index (κ1) is 24.4. The molecule has 5 rings (SSSR count). The molecular weight excluding hydrogens is 518 g/mol. The lowest BCUT2D eigenvalue weighted by Gasteiger charge is -2.52. The Balaban J connectivity index is 1.46. The highest BCUT2D eigenvalue weighted by Gasteiger charge is 2.58. The van der Waals surface area contributed by atoms with Crippen LogP contribution in [0.5, 0.6) is 0 Å². The van der Waals surface area contributed by atoms with Gasteiger partial charge in [-0.1, -0.05) is 88.7 Å². The van der Waals surface area contributed by atoms with E-state index in [1.807, 2.05) is 89.8 Å². The Kier molecular flexibility index (Phi) is 7.58. The first-order chi connectivity index (χ1) is 17.6. The normalized spacial score (nSPS) is 23.8. The van der Waals surface area contributed by atoms with Gasteiger partial charge >= 0.3 is 0 Å². The number of nitrogens with one attached hydrogen (secondary N) is 1. The second kappa shape index (κ2) is 11.2. The minimum atomic E-state index is -0.424. The first-order valence-electron chi connectivity index (χ1n) is 12.2. The van der Waals surface area contributed by atoms with Gasteiger partial charge in [-0.25, -0.2) is 5.43 Å². The minimum absolute atomic E-state index is 0.0865. The van der Waals surface area contributed by atoms with Crippen LogP contribution in [0, 0.1) is 11.8 Å². The van der Waals surface area contributed by atoms with Crippen molar-refractivity contribution in [3.05, 3.63) is 106 Å². The lowest BCUT2D eigenvalue weighted by Crippen LogP contribution is -2.57. The standard InChI is InChI=1S/C29H28BrN3O3/c30-23-13-11-20(12-14-23)19-31-32-28(34)26-24(21-7-3-1-4-8-21)27(25(26)22-9-5-2-6-10-22)29(35)33-15-17-36-18-16-33/h1-14,19,24-27H,15-18H2,(H,32,34)/b31-19-/t24-,25+,26?,27?. The van der Waals surface area contributed by atoms with Crippen molar-refractivity contribution in [2.45, 2.75) is 11.8 Å². The summed E-state index contributed by atoms with van der Waals surface area (Å²) in [6.07, 6.45) is 1.63. The third-order valence-corrected chi connectivity index (χ3v) is 7.61. The van der Waals surface area contributed by atoms with Gasteiger partial charge in [0.15, 0.2) is 0 Å². The summed E-state index contributed by atoms with van der Waals surface area (Å²) in [5.41, 5.74) is 5.63. The van der Waals surface area contributed by atoms with E-state index in [1.54, 1.807) is 6.21 Å². The number of hydrogen-bond acceptors (Lipinski definition) is 4. The van der Waals surface area contributed by atoms with E-state index in [1.165, 1.54) is 0 Å². The van der Waals surface area contributed by atoms with Crippen molar-refractivity contribution >= 4 is 34.0 Å². The minimum Gasteiger partial charge on any atom is -0.378 e. The zero-order valence-electron chi connectivity index (χ0n) is 19.8. The number of carbonyl (C=O) groups excluding carboxylic acids is 2. The van der Waals surface area contributed by atoms with Gasteiger partial charge in [-0.05, 0) is 28.8 Å². The topological polar surface area (TPSA) is 71.0 Å². The number of nitrogens with zero attached hydrogens (tertiary/aromatic N) is 2. The predicted molar refractivity (Wildman–Crippen MR) is 143 cm³/mol. The average Bonchev–Trinajstić information content (AvgIpc) is 2.91. The maximum Gasteiger partial charge on any atom is 0.244 e. The lowest BCUT2D eigenvalue weighted by molar-refractivity contribution is -0.151. The van der Waals surface area contributed by atoms with Crippen LogP contribution in [0.25, 0.3) is 0 Å². The smallest absolute Gasteiger partial charge is 0.244 e. The van der Waals surface area contributed by atoms with Gasteiger partial charge in [-0.15, -0.1) is 0 Å². The zero-order valence-corrected chi connectivity index (χ0v) is 21.4. The summed E-state index contributed by atoms with van der Waals surface area (Å²) in [5.74, 6) is -1.34. The van der Waals surface area contributed by atoms with E-state index in [4.69, 9.17) is 4.74 Å². The van der Waals surface area contributed by atoms with E-state index in [9.17, 15) is 9.59 Å². The van der Waals surface area contributed by atoms with Crippen molar-refractivity contribution in [1.29, 1.82) is 0 Å². The molecule has 0 bridgehead atoms. The van der Waals surface area contributed by atoms with E-state index in [-0.39, 0.29) is 29.6 Å². The van der Waals surface area contributed by atoms with E-state index >= 15 is 0 Å². The Bertz CT molecular complexity index is 1160. The highest BCUT2D eigenvalue weighted by atomic mass is 79.9. The molecule has 36 heavy (non-hydrogen) atoms. The molecule has 1 aliphatic heterocycles. The second-order valence-electron chi connectivity index (χ2n) is 9.15. The van der Waals surface area contributed by atoms with Crippen LogP contribution in [0.3, 0.4) is 0 Å². The van der Waals surface area contributed by atoms with Crippen molar-refractivity contribution in [1.82, 2.24) is 10.3 Å². The van der Waals surface area contributed by atoms with Crippen molar-refractivity contribution in [2.24, 2.45) is 16.9 Å². The van der Waals surface area contributed by atoms with Crippen LogP contribution in [0.4, 0.5) is 0 Å². The molecule has 0 spiro atoms. The molecule has 1 heterocycles. The predicted octanol–water partition coefficient (Wildman–Crippen LogP) is 4.57. The maximum absolute atomic E-state index is 13.8. The van der Waals surface area contributed by atoms with Gasteiger partial charge < -0.3 is 9.64 Å². The Labute approximate surface area is 219 Å². The maximum atomic E-state index is 13.8. The quantitative estimate of drug-likeness (QED) is 0.364. The summed E-state index contributed by atoms with van der Waals surface area (Å²) in [5, 5.41) is 4.24. The second-order valence-corrected chi connectivity index (χ2v) is 10.1. The number of halogens is 1. The van der Waals surface area contributed by atoms with Crippen molar-refractivity contribution in [3.8, 4) is 0 Å². The Morgan fingerprint density at radius 1 is 0.833 bits per heavy atom. The Morgan fingerprint density at radius 2 is 1.39 bits per heavy atom. The molecule has 4 atom stereocenters. The number of amides is 2. The third kappa shape index (κ3) is 5.13. The lowest BCUT2D eigenvalue weighted by atomic mass is 9.51. The molecule has 2 unspecified atom stereocenters. The van der Waals surface area contributed by atoms with E-state index < -0.39 is 5.92 Å². The summed E-state index contributed by atoms with van der Waals surface area (Å²) >= 11 is 3.42. The van der Waals surface area contributed by atoms with Crippen LogP contribution < -0.4 is 5.43 Å². The van der Waals surface area contributed by atoms with E-state index in [2.05, 4.69) is 26.5 Å². The van der Waals surface area contributed by atoms with Crippen LogP contribution in [0.15, 0.2) is 94.5 Å². The van der Waals surface area contributed by atoms with Gasteiger partial charge in [0.2, 0.25) is 11.8 Å². The van der Waals surface area contributed by atoms with Gasteiger partial charge in [0, 0.05) is 29.4 Å². The molecule has 3 aromatic carbocycles. The fourth-order valence-electron chi connectivity index (χ4n) is 5.35. The molecule has 2 fully saturated rings. The monoisotopic (exact) mass is 545 g/mol. The number of ether oxygens (including phenoxy) is 1. The molecule has 0 aromatic heterocycles. The number of benzene rings is 3. The first-order valence-corrected chi connectivity index (χ1v) is 13.0. The van der Waals surface area contributed by atoms with Crippen LogP contribution in [0.2, 0.25) is 0 Å². The molecule has 7 heteroatoms. The van der Waals surface area contributed by atoms with Gasteiger partial charge in [-0.3, -0.25) is 9.59 Å². The van der Waals surface area contributed by atoms with Crippen LogP contribution in [-0.2, 0) is 14.3 Å². The van der Waals surface area contributed by atoms with Crippen LogP contribution >= 0.6 is 15.9 Å². The molecule has 1 saturated heterocycles. The molecular formula is C29H28BrN3O3. The molecule has 2 aliphatic rings. The highest BCUT2D eigenvalue weighted by Crippen LogP contribution is 2.58. The summed E-state index contributed by atoms with van der Waals surface area (Å²) < 4.78 is 6.45.